The molecule has 0 bridgehead atoms. The second kappa shape index (κ2) is 5.56. The molecule has 0 spiro atoms. The second-order valence-corrected chi connectivity index (χ2v) is 4.73. The smallest absolute Gasteiger partial charge is 0.338 e. The van der Waals surface area contributed by atoms with E-state index in [-0.39, 0.29) is 12.1 Å². The number of rotatable bonds is 2. The van der Waals surface area contributed by atoms with Crippen LogP contribution in [0.15, 0.2) is 23.1 Å². The summed E-state index contributed by atoms with van der Waals surface area (Å²) in [6.07, 6.45) is 1.55. The number of carbonyl (C=O) groups is 1. The SMILES string of the molecule is Cc1ccc(S)cc1C(=O)OC1CCOCC1. The van der Waals surface area contributed by atoms with Gasteiger partial charge in [-0.25, -0.2) is 4.79 Å². The maximum absolute atomic E-state index is 12.0. The van der Waals surface area contributed by atoms with Gasteiger partial charge in [-0.1, -0.05) is 6.07 Å². The number of hydrogen-bond acceptors (Lipinski definition) is 4. The van der Waals surface area contributed by atoms with Crippen molar-refractivity contribution in [2.24, 2.45) is 0 Å². The molecule has 0 atom stereocenters. The Labute approximate surface area is 107 Å². The molecule has 0 aliphatic carbocycles. The molecule has 0 unspecified atom stereocenters. The number of benzene rings is 1. The molecule has 1 aromatic carbocycles. The molecule has 1 aliphatic rings. The van der Waals surface area contributed by atoms with Gasteiger partial charge in [-0.05, 0) is 24.6 Å². The monoisotopic (exact) mass is 252 g/mol. The first-order valence-corrected chi connectivity index (χ1v) is 6.20. The fourth-order valence-electron chi connectivity index (χ4n) is 1.84. The first-order valence-electron chi connectivity index (χ1n) is 5.75. The van der Waals surface area contributed by atoms with E-state index in [9.17, 15) is 4.79 Å². The maximum atomic E-state index is 12.0. The second-order valence-electron chi connectivity index (χ2n) is 4.22. The summed E-state index contributed by atoms with van der Waals surface area (Å²) in [5.41, 5.74) is 1.52. The highest BCUT2D eigenvalue weighted by molar-refractivity contribution is 7.80. The number of esters is 1. The summed E-state index contributed by atoms with van der Waals surface area (Å²) >= 11 is 4.23. The Morgan fingerprint density at radius 1 is 1.41 bits per heavy atom. The van der Waals surface area contributed by atoms with Gasteiger partial charge in [-0.3, -0.25) is 0 Å². The van der Waals surface area contributed by atoms with Crippen molar-refractivity contribution in [2.75, 3.05) is 13.2 Å². The van der Waals surface area contributed by atoms with Crippen molar-refractivity contribution >= 4 is 18.6 Å². The van der Waals surface area contributed by atoms with Crippen LogP contribution < -0.4 is 0 Å². The molecule has 92 valence electrons. The van der Waals surface area contributed by atoms with Crippen LogP contribution in [0.1, 0.15) is 28.8 Å². The largest absolute Gasteiger partial charge is 0.459 e. The van der Waals surface area contributed by atoms with Gasteiger partial charge in [0.1, 0.15) is 6.10 Å². The summed E-state index contributed by atoms with van der Waals surface area (Å²) in [5, 5.41) is 0. The van der Waals surface area contributed by atoms with E-state index in [4.69, 9.17) is 9.47 Å². The summed E-state index contributed by atoms with van der Waals surface area (Å²) in [4.78, 5) is 12.8. The molecule has 0 saturated carbocycles. The van der Waals surface area contributed by atoms with Crippen molar-refractivity contribution in [3.63, 3.8) is 0 Å². The first-order chi connectivity index (χ1) is 8.16. The minimum Gasteiger partial charge on any atom is -0.459 e. The molecule has 0 amide bonds. The lowest BCUT2D eigenvalue weighted by molar-refractivity contribution is -0.0159. The molecule has 1 heterocycles. The fraction of sp³-hybridized carbons (Fsp3) is 0.462. The molecule has 4 heteroatoms. The number of ether oxygens (including phenoxy) is 2. The topological polar surface area (TPSA) is 35.5 Å². The van der Waals surface area contributed by atoms with Crippen molar-refractivity contribution in [1.82, 2.24) is 0 Å². The fourth-order valence-corrected chi connectivity index (χ4v) is 2.04. The van der Waals surface area contributed by atoms with Gasteiger partial charge in [-0.2, -0.15) is 0 Å². The van der Waals surface area contributed by atoms with Crippen LogP contribution in [0.4, 0.5) is 0 Å². The van der Waals surface area contributed by atoms with E-state index in [1.807, 2.05) is 19.1 Å². The number of thiol groups is 1. The molecule has 1 saturated heterocycles. The van der Waals surface area contributed by atoms with Crippen LogP contribution >= 0.6 is 12.6 Å². The van der Waals surface area contributed by atoms with E-state index in [0.29, 0.717) is 18.8 Å². The lowest BCUT2D eigenvalue weighted by Crippen LogP contribution is -2.26. The quantitative estimate of drug-likeness (QED) is 0.649. The van der Waals surface area contributed by atoms with E-state index in [0.717, 1.165) is 23.3 Å². The Morgan fingerprint density at radius 3 is 2.82 bits per heavy atom. The van der Waals surface area contributed by atoms with Crippen LogP contribution in [0.2, 0.25) is 0 Å². The zero-order valence-corrected chi connectivity index (χ0v) is 10.7. The van der Waals surface area contributed by atoms with Gasteiger partial charge in [0.15, 0.2) is 0 Å². The van der Waals surface area contributed by atoms with E-state index in [1.165, 1.54) is 0 Å². The summed E-state index contributed by atoms with van der Waals surface area (Å²) < 4.78 is 10.7. The molecule has 1 fully saturated rings. The minimum atomic E-state index is -0.259. The van der Waals surface area contributed by atoms with Crippen LogP contribution in [0.25, 0.3) is 0 Å². The highest BCUT2D eigenvalue weighted by Crippen LogP contribution is 2.18. The van der Waals surface area contributed by atoms with Crippen LogP contribution in [0.5, 0.6) is 0 Å². The van der Waals surface area contributed by atoms with E-state index >= 15 is 0 Å². The number of aryl methyl sites for hydroxylation is 1. The Balaban J connectivity index is 2.05. The first kappa shape index (κ1) is 12.5. The number of carbonyl (C=O) groups excluding carboxylic acids is 1. The Kier molecular flexibility index (Phi) is 4.07. The molecule has 1 aliphatic heterocycles. The van der Waals surface area contributed by atoms with Gasteiger partial charge in [-0.15, -0.1) is 12.6 Å². The maximum Gasteiger partial charge on any atom is 0.338 e. The van der Waals surface area contributed by atoms with Crippen LogP contribution in [-0.4, -0.2) is 25.3 Å². The van der Waals surface area contributed by atoms with E-state index in [1.54, 1.807) is 6.07 Å². The van der Waals surface area contributed by atoms with Crippen molar-refractivity contribution in [1.29, 1.82) is 0 Å². The van der Waals surface area contributed by atoms with Crippen molar-refractivity contribution in [2.45, 2.75) is 30.8 Å². The Morgan fingerprint density at radius 2 is 2.12 bits per heavy atom. The van der Waals surface area contributed by atoms with Gasteiger partial charge in [0.2, 0.25) is 0 Å². The molecule has 17 heavy (non-hydrogen) atoms. The highest BCUT2D eigenvalue weighted by Gasteiger charge is 2.20. The molecular weight excluding hydrogens is 236 g/mol. The Bertz CT molecular complexity index is 411. The van der Waals surface area contributed by atoms with Gasteiger partial charge in [0.25, 0.3) is 0 Å². The normalized spacial score (nSPS) is 16.8. The predicted octanol–water partition coefficient (Wildman–Crippen LogP) is 2.62. The average Bonchev–Trinajstić information content (AvgIpc) is 2.33. The van der Waals surface area contributed by atoms with Crippen LogP contribution in [-0.2, 0) is 9.47 Å². The van der Waals surface area contributed by atoms with Crippen LogP contribution in [0, 0.1) is 6.92 Å². The van der Waals surface area contributed by atoms with Gasteiger partial charge >= 0.3 is 5.97 Å². The third-order valence-corrected chi connectivity index (χ3v) is 3.16. The Hall–Kier alpha value is -1.00. The summed E-state index contributed by atoms with van der Waals surface area (Å²) in [7, 11) is 0. The van der Waals surface area contributed by atoms with E-state index in [2.05, 4.69) is 12.6 Å². The van der Waals surface area contributed by atoms with Crippen LogP contribution in [0.3, 0.4) is 0 Å². The minimum absolute atomic E-state index is 0.0146. The third kappa shape index (κ3) is 3.23. The predicted molar refractivity (Wildman–Crippen MR) is 67.7 cm³/mol. The number of hydrogen-bond donors (Lipinski definition) is 1. The lowest BCUT2D eigenvalue weighted by atomic mass is 10.1. The zero-order valence-electron chi connectivity index (χ0n) is 9.81. The molecule has 2 rings (SSSR count). The summed E-state index contributed by atoms with van der Waals surface area (Å²) in [6, 6.07) is 5.49. The van der Waals surface area contributed by atoms with Crippen molar-refractivity contribution in [3.05, 3.63) is 29.3 Å². The molecule has 0 N–H and O–H groups in total. The summed E-state index contributed by atoms with van der Waals surface area (Å²) in [6.45, 7) is 3.24. The van der Waals surface area contributed by atoms with Gasteiger partial charge in [0, 0.05) is 17.7 Å². The molecule has 0 radical (unpaired) electrons. The zero-order chi connectivity index (χ0) is 12.3. The average molecular weight is 252 g/mol. The standard InChI is InChI=1S/C13H16O3S/c1-9-2-3-11(17)8-12(9)13(14)16-10-4-6-15-7-5-10/h2-3,8,10,17H,4-7H2,1H3. The molecular formula is C13H16O3S. The van der Waals surface area contributed by atoms with Crippen molar-refractivity contribution < 1.29 is 14.3 Å². The molecule has 3 nitrogen and oxygen atoms in total. The molecule has 1 aromatic rings. The third-order valence-electron chi connectivity index (χ3n) is 2.88. The van der Waals surface area contributed by atoms with Gasteiger partial charge in [0.05, 0.1) is 18.8 Å². The highest BCUT2D eigenvalue weighted by atomic mass is 32.1. The van der Waals surface area contributed by atoms with Crippen molar-refractivity contribution in [3.8, 4) is 0 Å². The van der Waals surface area contributed by atoms with E-state index < -0.39 is 0 Å². The van der Waals surface area contributed by atoms with Gasteiger partial charge < -0.3 is 9.47 Å². The summed E-state index contributed by atoms with van der Waals surface area (Å²) in [5.74, 6) is -0.259. The lowest BCUT2D eigenvalue weighted by Gasteiger charge is -2.22. The molecule has 0 aromatic heterocycles.